The fourth-order valence-corrected chi connectivity index (χ4v) is 8.20. The Hall–Kier alpha value is 1.12. The van der Waals surface area contributed by atoms with E-state index in [2.05, 4.69) is 85.9 Å². The maximum absolute atomic E-state index is 11.1. The molecule has 5 aliphatic heterocycles. The van der Waals surface area contributed by atoms with Crippen LogP contribution in [0.1, 0.15) is 93.5 Å². The van der Waals surface area contributed by atoms with Crippen LogP contribution in [0.3, 0.4) is 0 Å². The predicted octanol–water partition coefficient (Wildman–Crippen LogP) is 8.53. The second kappa shape index (κ2) is 42.1. The minimum absolute atomic E-state index is 0. The Morgan fingerprint density at radius 2 is 1.05 bits per heavy atom. The maximum Gasteiger partial charge on any atom is 0.483 e. The number of hydrogen-bond donors (Lipinski definition) is 6. The molecule has 2 aromatic heterocycles. The Morgan fingerprint density at radius 1 is 0.707 bits per heavy atom. The molecule has 18 nitrogen and oxygen atoms in total. The molecule has 7 rings (SSSR count). The van der Waals surface area contributed by atoms with E-state index in [1.165, 1.54) is 46.6 Å². The first kappa shape index (κ1) is 63.4. The third-order valence-corrected chi connectivity index (χ3v) is 10.7. The molecule has 0 aromatic carbocycles. The Labute approximate surface area is 384 Å². The Morgan fingerprint density at radius 3 is 1.28 bits per heavy atom. The molecule has 7 heterocycles. The fraction of sp³-hybridized carbons (Fsp3) is 0.677. The summed E-state index contributed by atoms with van der Waals surface area (Å²) in [6.07, 6.45) is 9.74. The summed E-state index contributed by atoms with van der Waals surface area (Å²) in [5.41, 5.74) is 2.62. The monoisotopic (exact) mass is 1170 g/mol. The van der Waals surface area contributed by atoms with Gasteiger partial charge in [0.1, 0.15) is 0 Å². The van der Waals surface area contributed by atoms with Gasteiger partial charge in [-0.15, -0.1) is 22.7 Å². The molecule has 0 radical (unpaired) electrons. The Balaban J connectivity index is -0.000000640. The van der Waals surface area contributed by atoms with E-state index >= 15 is 0 Å². The first-order chi connectivity index (χ1) is 26.7. The number of carbonyl (C=O) groups is 2. The zero-order valence-corrected chi connectivity index (χ0v) is 42.1. The van der Waals surface area contributed by atoms with Crippen LogP contribution in [0.15, 0.2) is 19.7 Å². The number of rotatable bonds is 10. The third-order valence-electron chi connectivity index (χ3n) is 6.26. The van der Waals surface area contributed by atoms with Gasteiger partial charge in [-0.1, -0.05) is 7.43 Å². The van der Waals surface area contributed by atoms with Crippen LogP contribution in [0.25, 0.3) is 0 Å². The number of esters is 2. The molecule has 344 valence electrons. The Kier molecular flexibility index (Phi) is 46.0. The van der Waals surface area contributed by atoms with Crippen LogP contribution in [0.5, 0.6) is 0 Å². The van der Waals surface area contributed by atoms with Crippen molar-refractivity contribution in [3.8, 4) is 0 Å². The van der Waals surface area contributed by atoms with Crippen molar-refractivity contribution in [1.29, 1.82) is 0 Å². The SMILES string of the molecule is C.C1CCOC1.C1CCOC1.CCOC(=O)CCCc1cc(Br)sc1Br.CCOC(=O)CCCc1cc(C)sc1C.OP(O)O.O[PH+]1OO1.O[PH+]1OO1.O[PH+]1OO1.[Pd]. The van der Waals surface area contributed by atoms with Gasteiger partial charge in [-0.05, 0) is 134 Å². The van der Waals surface area contributed by atoms with E-state index in [1.54, 1.807) is 11.3 Å². The van der Waals surface area contributed by atoms with Gasteiger partial charge in [-0.3, -0.25) is 9.59 Å². The molecule has 0 unspecified atom stereocenters. The molecule has 0 spiro atoms. The first-order valence-electron chi connectivity index (χ1n) is 17.2. The van der Waals surface area contributed by atoms with E-state index in [-0.39, 0.29) is 39.8 Å². The van der Waals surface area contributed by atoms with E-state index in [9.17, 15) is 9.59 Å². The second-order valence-electron chi connectivity index (χ2n) is 10.8. The van der Waals surface area contributed by atoms with Crippen LogP contribution in [0, 0.1) is 13.8 Å². The number of hydrogen-bond acceptors (Lipinski definition) is 20. The summed E-state index contributed by atoms with van der Waals surface area (Å²) in [5.74, 6) is -0.190. The minimum Gasteiger partial charge on any atom is -0.466 e. The number of ether oxygens (including phenoxy) is 4. The molecule has 2 aromatic rings. The number of halogens is 2. The summed E-state index contributed by atoms with van der Waals surface area (Å²) >= 11 is 10.4. The van der Waals surface area contributed by atoms with Crippen molar-refractivity contribution in [2.75, 3.05) is 39.6 Å². The summed E-state index contributed by atoms with van der Waals surface area (Å²) in [6.45, 7) is 12.9. The van der Waals surface area contributed by atoms with Crippen LogP contribution in [0.2, 0.25) is 0 Å². The summed E-state index contributed by atoms with van der Waals surface area (Å²) in [5, 5.41) is 0. The second-order valence-corrected chi connectivity index (χ2v) is 19.2. The van der Waals surface area contributed by atoms with Gasteiger partial charge in [0.2, 0.25) is 0 Å². The van der Waals surface area contributed by atoms with Crippen molar-refractivity contribution >= 4 is 101 Å². The topological polar surface area (TPSA) is 268 Å². The molecule has 0 aliphatic carbocycles. The van der Waals surface area contributed by atoms with Gasteiger partial charge in [0.05, 0.1) is 20.8 Å². The van der Waals surface area contributed by atoms with Gasteiger partial charge in [-0.25, -0.2) is 0 Å². The van der Waals surface area contributed by atoms with Gasteiger partial charge < -0.3 is 33.6 Å². The fourth-order valence-electron chi connectivity index (χ4n) is 3.87. The van der Waals surface area contributed by atoms with Crippen molar-refractivity contribution in [2.24, 2.45) is 0 Å². The molecular formula is C31H59Br2O18P4PdS2+3. The van der Waals surface area contributed by atoms with Gasteiger partial charge in [0.25, 0.3) is 0 Å². The van der Waals surface area contributed by atoms with Crippen LogP contribution in [0.4, 0.5) is 0 Å². The summed E-state index contributed by atoms with van der Waals surface area (Å²) in [7, 11) is -7.51. The van der Waals surface area contributed by atoms with Crippen LogP contribution in [-0.4, -0.2) is 80.9 Å². The van der Waals surface area contributed by atoms with Gasteiger partial charge in [0.15, 0.2) is 0 Å². The molecule has 0 atom stereocenters. The van der Waals surface area contributed by atoms with E-state index in [0.29, 0.717) is 26.1 Å². The molecule has 5 aliphatic rings. The van der Waals surface area contributed by atoms with Crippen LogP contribution >= 0.6 is 88.9 Å². The molecule has 6 N–H and O–H groups in total. The normalized spacial score (nSPS) is 15.5. The van der Waals surface area contributed by atoms with Crippen molar-refractivity contribution in [2.45, 2.75) is 99.3 Å². The van der Waals surface area contributed by atoms with Gasteiger partial charge >= 0.3 is 46.3 Å². The van der Waals surface area contributed by atoms with Crippen molar-refractivity contribution in [3.05, 3.63) is 40.6 Å². The molecular weight excluding hydrogens is 1110 g/mol. The average molecular weight is 1170 g/mol. The van der Waals surface area contributed by atoms with Crippen molar-refractivity contribution in [1.82, 2.24) is 0 Å². The quantitative estimate of drug-likeness (QED) is 0.0428. The molecule has 5 saturated heterocycles. The zero-order valence-electron chi connectivity index (χ0n) is 31.9. The van der Waals surface area contributed by atoms with Crippen LogP contribution < -0.4 is 0 Å². The smallest absolute Gasteiger partial charge is 0.466 e. The largest absolute Gasteiger partial charge is 0.483 e. The molecule has 5 fully saturated rings. The molecule has 27 heteroatoms. The molecule has 58 heavy (non-hydrogen) atoms. The van der Waals surface area contributed by atoms with E-state index in [4.69, 9.17) is 48.3 Å². The summed E-state index contributed by atoms with van der Waals surface area (Å²) in [6, 6.07) is 4.30. The van der Waals surface area contributed by atoms with Crippen molar-refractivity contribution in [3.63, 3.8) is 0 Å². The number of thiophene rings is 2. The van der Waals surface area contributed by atoms with Gasteiger partial charge in [0, 0.05) is 97.5 Å². The summed E-state index contributed by atoms with van der Waals surface area (Å²) < 4.78 is 45.1. The number of carbonyl (C=O) groups excluding carboxylic acids is 2. The van der Waals surface area contributed by atoms with Crippen LogP contribution in [-0.2, 0) is 89.8 Å². The minimum atomic E-state index is -2.62. The predicted molar refractivity (Wildman–Crippen MR) is 231 cm³/mol. The van der Waals surface area contributed by atoms with E-state index in [0.717, 1.165) is 59.7 Å². The zero-order chi connectivity index (χ0) is 42.1. The van der Waals surface area contributed by atoms with E-state index in [1.807, 2.05) is 25.2 Å². The first-order valence-corrected chi connectivity index (χ1v) is 25.4. The van der Waals surface area contributed by atoms with Crippen molar-refractivity contribution < 1.29 is 106 Å². The molecule has 0 bridgehead atoms. The van der Waals surface area contributed by atoms with E-state index < -0.39 is 34.4 Å². The maximum atomic E-state index is 11.1. The number of aryl methyl sites for hydroxylation is 4. The molecule has 0 amide bonds. The molecule has 0 saturated carbocycles. The third kappa shape index (κ3) is 46.6. The van der Waals surface area contributed by atoms with Gasteiger partial charge in [-0.2, -0.15) is 14.7 Å². The summed E-state index contributed by atoms with van der Waals surface area (Å²) in [4.78, 5) is 70.1. The standard InChI is InChI=1S/C12H18O2S.C10H12Br2O2S.2C4H8O.CH4.3H2O3P.H3O3P.Pd/c1-4-14-12(13)7-5-6-11-8-9(2)15-10(11)3;1-2-14-9(13)5-3-4-7-6-8(11)15-10(7)12;2*1-2-4-5-3-1;;3*1-4-2-3-4;1-4(2)3;/h8H,4-7H2,1-3H3;6H,2-5H2,1H3;2*1-4H2;1H4;3*1,4H;1-3H;/q;;;;;3*+1;;. The average Bonchev–Trinajstić information content (AvgIpc) is 4.04. The Bertz CT molecular complexity index is 1160.